The Morgan fingerprint density at radius 2 is 1.71 bits per heavy atom. The molecule has 1 heterocycles. The fourth-order valence-corrected chi connectivity index (χ4v) is 4.01. The Hall–Kier alpha value is -3.20. The summed E-state index contributed by atoms with van der Waals surface area (Å²) in [4.78, 5) is 24.6. The molecule has 35 heavy (non-hydrogen) atoms. The fourth-order valence-electron chi connectivity index (χ4n) is 3.46. The highest BCUT2D eigenvalue weighted by Crippen LogP contribution is 2.34. The second-order valence-electron chi connectivity index (χ2n) is 7.95. The maximum absolute atomic E-state index is 13.4. The Morgan fingerprint density at radius 3 is 2.34 bits per heavy atom. The molecule has 10 heteroatoms. The summed E-state index contributed by atoms with van der Waals surface area (Å²) in [5.74, 6) is 0.396. The predicted octanol–water partition coefficient (Wildman–Crippen LogP) is 7.90. The SMILES string of the molecule is CC(C)C1=NN(c2ccc(Cl)c(Cl)c2)C(=O)C1=Cc1cc(Oc2ccc(Br)cc2)ccc1[N+](=O)[O-]. The van der Waals surface area contributed by atoms with Gasteiger partial charge in [0.05, 0.1) is 37.5 Å². The van der Waals surface area contributed by atoms with Crippen LogP contribution in [0.15, 0.2) is 75.8 Å². The number of hydrogen-bond acceptors (Lipinski definition) is 5. The van der Waals surface area contributed by atoms with E-state index in [0.717, 1.165) is 4.47 Å². The highest BCUT2D eigenvalue weighted by atomic mass is 79.9. The molecule has 1 aliphatic heterocycles. The lowest BCUT2D eigenvalue weighted by molar-refractivity contribution is -0.385. The van der Waals surface area contributed by atoms with E-state index < -0.39 is 10.8 Å². The third-order valence-corrected chi connectivity index (χ3v) is 6.41. The van der Waals surface area contributed by atoms with Gasteiger partial charge in [-0.05, 0) is 66.6 Å². The molecule has 0 N–H and O–H groups in total. The number of anilines is 1. The van der Waals surface area contributed by atoms with Crippen LogP contribution < -0.4 is 9.75 Å². The van der Waals surface area contributed by atoms with E-state index in [1.54, 1.807) is 30.3 Å². The van der Waals surface area contributed by atoms with Crippen LogP contribution in [0.3, 0.4) is 0 Å². The molecule has 0 spiro atoms. The number of hydrazone groups is 1. The van der Waals surface area contributed by atoms with E-state index in [1.807, 2.05) is 26.0 Å². The molecule has 3 aromatic rings. The van der Waals surface area contributed by atoms with Crippen LogP contribution in [0.1, 0.15) is 19.4 Å². The maximum Gasteiger partial charge on any atom is 0.280 e. The molecule has 7 nitrogen and oxygen atoms in total. The lowest BCUT2D eigenvalue weighted by atomic mass is 9.97. The number of halogens is 3. The van der Waals surface area contributed by atoms with Crippen molar-refractivity contribution in [3.05, 3.63) is 96.4 Å². The zero-order valence-electron chi connectivity index (χ0n) is 18.5. The van der Waals surface area contributed by atoms with E-state index in [-0.39, 0.29) is 27.8 Å². The Morgan fingerprint density at radius 1 is 1.03 bits per heavy atom. The number of nitro groups is 1. The molecule has 0 aromatic heterocycles. The molecule has 0 saturated heterocycles. The lowest BCUT2D eigenvalue weighted by Crippen LogP contribution is -2.21. The minimum atomic E-state index is -0.502. The highest BCUT2D eigenvalue weighted by molar-refractivity contribution is 9.10. The first-order valence-electron chi connectivity index (χ1n) is 10.5. The van der Waals surface area contributed by atoms with Gasteiger partial charge in [0.25, 0.3) is 11.6 Å². The molecular formula is C25H18BrCl2N3O4. The Balaban J connectivity index is 1.76. The number of carbonyl (C=O) groups excluding carboxylic acids is 1. The quantitative estimate of drug-likeness (QED) is 0.170. The smallest absolute Gasteiger partial charge is 0.280 e. The highest BCUT2D eigenvalue weighted by Gasteiger charge is 2.33. The van der Waals surface area contributed by atoms with E-state index in [1.165, 1.54) is 29.3 Å². The number of nitrogens with zero attached hydrogens (tertiary/aromatic N) is 3. The third-order valence-electron chi connectivity index (χ3n) is 5.15. The molecule has 1 aliphatic rings. The summed E-state index contributed by atoms with van der Waals surface area (Å²) in [5, 5.41) is 18.1. The van der Waals surface area contributed by atoms with Crippen molar-refractivity contribution in [3.63, 3.8) is 0 Å². The minimum Gasteiger partial charge on any atom is -0.457 e. The number of amides is 1. The first kappa shape index (κ1) is 24.9. The van der Waals surface area contributed by atoms with Crippen LogP contribution in [-0.4, -0.2) is 16.5 Å². The molecule has 0 aliphatic carbocycles. The summed E-state index contributed by atoms with van der Waals surface area (Å²) in [6, 6.07) is 16.3. The molecule has 4 rings (SSSR count). The second-order valence-corrected chi connectivity index (χ2v) is 9.68. The summed E-state index contributed by atoms with van der Waals surface area (Å²) >= 11 is 15.5. The van der Waals surface area contributed by atoms with Gasteiger partial charge in [-0.3, -0.25) is 14.9 Å². The third kappa shape index (κ3) is 5.40. The molecular weight excluding hydrogens is 557 g/mol. The fraction of sp³-hybridized carbons (Fsp3) is 0.120. The van der Waals surface area contributed by atoms with Crippen molar-refractivity contribution in [3.8, 4) is 11.5 Å². The van der Waals surface area contributed by atoms with Crippen molar-refractivity contribution in [2.75, 3.05) is 5.01 Å². The Bertz CT molecular complexity index is 1390. The maximum atomic E-state index is 13.4. The number of rotatable bonds is 6. The van der Waals surface area contributed by atoms with Gasteiger partial charge in [-0.25, -0.2) is 0 Å². The molecule has 1 amide bonds. The minimum absolute atomic E-state index is 0.126. The molecule has 0 bridgehead atoms. The largest absolute Gasteiger partial charge is 0.457 e. The van der Waals surface area contributed by atoms with Crippen LogP contribution in [0.2, 0.25) is 10.0 Å². The van der Waals surface area contributed by atoms with Crippen LogP contribution in [0.5, 0.6) is 11.5 Å². The van der Waals surface area contributed by atoms with Crippen molar-refractivity contribution in [1.29, 1.82) is 0 Å². The van der Waals surface area contributed by atoms with Gasteiger partial charge in [0.2, 0.25) is 0 Å². The van der Waals surface area contributed by atoms with Crippen LogP contribution in [-0.2, 0) is 4.79 Å². The molecule has 0 atom stereocenters. The van der Waals surface area contributed by atoms with Crippen molar-refractivity contribution >= 4 is 68.2 Å². The van der Waals surface area contributed by atoms with E-state index in [2.05, 4.69) is 21.0 Å². The molecule has 178 valence electrons. The van der Waals surface area contributed by atoms with E-state index in [4.69, 9.17) is 27.9 Å². The van der Waals surface area contributed by atoms with Crippen molar-refractivity contribution in [2.45, 2.75) is 13.8 Å². The number of nitro benzene ring substituents is 1. The monoisotopic (exact) mass is 573 g/mol. The Labute approximate surface area is 219 Å². The number of ether oxygens (including phenoxy) is 1. The van der Waals surface area contributed by atoms with Crippen molar-refractivity contribution < 1.29 is 14.5 Å². The van der Waals surface area contributed by atoms with E-state index >= 15 is 0 Å². The standard InChI is InChI=1S/C25H18BrCl2N3O4/c1-14(2)24-20(25(32)30(29-24)17-5-9-21(27)22(28)13-17)12-15-11-19(8-10-23(15)31(33)34)35-18-6-3-16(26)4-7-18/h3-14H,1-2H3. The first-order chi connectivity index (χ1) is 16.6. The van der Waals surface area contributed by atoms with Crippen molar-refractivity contribution in [2.24, 2.45) is 11.0 Å². The summed E-state index contributed by atoms with van der Waals surface area (Å²) in [7, 11) is 0. The van der Waals surface area contributed by atoms with Gasteiger partial charge < -0.3 is 4.74 Å². The van der Waals surface area contributed by atoms with Crippen molar-refractivity contribution in [1.82, 2.24) is 0 Å². The normalized spacial score (nSPS) is 14.6. The molecule has 0 radical (unpaired) electrons. The number of carbonyl (C=O) groups is 1. The number of hydrogen-bond donors (Lipinski definition) is 0. The van der Waals surface area contributed by atoms with Crippen LogP contribution in [0, 0.1) is 16.0 Å². The average molecular weight is 575 g/mol. The topological polar surface area (TPSA) is 85.0 Å². The average Bonchev–Trinajstić information content (AvgIpc) is 3.13. The summed E-state index contributed by atoms with van der Waals surface area (Å²) in [5.41, 5.74) is 1.24. The van der Waals surface area contributed by atoms with Gasteiger partial charge in [-0.1, -0.05) is 53.0 Å². The van der Waals surface area contributed by atoms with Gasteiger partial charge >= 0.3 is 0 Å². The molecule has 3 aromatic carbocycles. The summed E-state index contributed by atoms with van der Waals surface area (Å²) in [6.45, 7) is 3.78. The summed E-state index contributed by atoms with van der Waals surface area (Å²) in [6.07, 6.45) is 1.48. The molecule has 0 saturated carbocycles. The molecule has 0 fully saturated rings. The summed E-state index contributed by atoms with van der Waals surface area (Å²) < 4.78 is 6.76. The Kier molecular flexibility index (Phi) is 7.25. The van der Waals surface area contributed by atoms with Gasteiger partial charge in [0.15, 0.2) is 0 Å². The lowest BCUT2D eigenvalue weighted by Gasteiger charge is -2.12. The second kappa shape index (κ2) is 10.2. The van der Waals surface area contributed by atoms with Crippen LogP contribution >= 0.6 is 39.1 Å². The first-order valence-corrected chi connectivity index (χ1v) is 12.0. The van der Waals surface area contributed by atoms with Gasteiger partial charge in [-0.2, -0.15) is 10.1 Å². The van der Waals surface area contributed by atoms with Gasteiger partial charge in [-0.15, -0.1) is 0 Å². The van der Waals surface area contributed by atoms with Gasteiger partial charge in [0, 0.05) is 10.5 Å². The number of benzene rings is 3. The molecule has 0 unspecified atom stereocenters. The zero-order valence-corrected chi connectivity index (χ0v) is 21.6. The van der Waals surface area contributed by atoms with Crippen LogP contribution in [0.25, 0.3) is 6.08 Å². The predicted molar refractivity (Wildman–Crippen MR) is 142 cm³/mol. The zero-order chi connectivity index (χ0) is 25.3. The van der Waals surface area contributed by atoms with E-state index in [9.17, 15) is 14.9 Å². The van der Waals surface area contributed by atoms with Gasteiger partial charge in [0.1, 0.15) is 11.5 Å². The van der Waals surface area contributed by atoms with Crippen LogP contribution in [0.4, 0.5) is 11.4 Å². The van der Waals surface area contributed by atoms with E-state index in [0.29, 0.717) is 27.9 Å².